The fourth-order valence-electron chi connectivity index (χ4n) is 2.35. The van der Waals surface area contributed by atoms with Gasteiger partial charge in [-0.25, -0.2) is 4.98 Å². The van der Waals surface area contributed by atoms with Crippen LogP contribution in [0.4, 0.5) is 0 Å². The molecule has 0 atom stereocenters. The zero-order valence-corrected chi connectivity index (χ0v) is 12.9. The number of nitrogens with one attached hydrogen (secondary N) is 2. The molecule has 23 heavy (non-hydrogen) atoms. The van der Waals surface area contributed by atoms with Crippen molar-refractivity contribution in [2.45, 2.75) is 5.16 Å². The van der Waals surface area contributed by atoms with Gasteiger partial charge in [-0.1, -0.05) is 42.1 Å². The van der Waals surface area contributed by atoms with Crippen molar-refractivity contribution in [3.8, 4) is 0 Å². The zero-order valence-electron chi connectivity index (χ0n) is 12.1. The normalized spacial score (nSPS) is 11.1. The van der Waals surface area contributed by atoms with Gasteiger partial charge in [0.15, 0.2) is 10.9 Å². The summed E-state index contributed by atoms with van der Waals surface area (Å²) in [6.07, 6.45) is 0. The summed E-state index contributed by atoms with van der Waals surface area (Å²) < 4.78 is 5.54. The number of furan rings is 1. The van der Waals surface area contributed by atoms with Crippen molar-refractivity contribution in [2.24, 2.45) is 0 Å². The lowest BCUT2D eigenvalue weighted by Gasteiger charge is -2.00. The second kappa shape index (κ2) is 5.81. The minimum atomic E-state index is -0.232. The molecule has 2 heterocycles. The zero-order chi connectivity index (χ0) is 15.6. The van der Waals surface area contributed by atoms with E-state index in [1.165, 1.54) is 11.8 Å². The van der Waals surface area contributed by atoms with E-state index in [9.17, 15) is 4.79 Å². The second-order valence-electron chi connectivity index (χ2n) is 5.00. The number of aromatic nitrogens is 2. The molecule has 114 valence electrons. The minimum absolute atomic E-state index is 0.232. The standard InChI is InChI=1S/C17H13N3O2S/c21-16(15-9-11-5-1-4-8-14(11)22-15)18-10-23-17-19-12-6-2-3-7-13(12)20-17/h1-9H,10H2,(H,18,21)(H,19,20). The van der Waals surface area contributed by atoms with E-state index in [1.807, 2.05) is 48.5 Å². The summed E-state index contributed by atoms with van der Waals surface area (Å²) in [5.41, 5.74) is 2.61. The summed E-state index contributed by atoms with van der Waals surface area (Å²) in [6, 6.07) is 17.1. The van der Waals surface area contributed by atoms with Crippen molar-refractivity contribution >= 4 is 39.7 Å². The maximum absolute atomic E-state index is 12.1. The molecule has 0 radical (unpaired) electrons. The summed E-state index contributed by atoms with van der Waals surface area (Å²) in [7, 11) is 0. The van der Waals surface area contributed by atoms with Crippen molar-refractivity contribution in [2.75, 3.05) is 5.88 Å². The van der Waals surface area contributed by atoms with Crippen LogP contribution in [0.3, 0.4) is 0 Å². The highest BCUT2D eigenvalue weighted by Crippen LogP contribution is 2.20. The van der Waals surface area contributed by atoms with Crippen LogP contribution in [0.5, 0.6) is 0 Å². The van der Waals surface area contributed by atoms with Gasteiger partial charge in [-0.15, -0.1) is 0 Å². The Hall–Kier alpha value is -2.73. The van der Waals surface area contributed by atoms with Crippen LogP contribution in [0.2, 0.25) is 0 Å². The van der Waals surface area contributed by atoms with Crippen molar-refractivity contribution in [3.63, 3.8) is 0 Å². The Kier molecular flexibility index (Phi) is 3.51. The van der Waals surface area contributed by atoms with Gasteiger partial charge in [0, 0.05) is 5.39 Å². The summed E-state index contributed by atoms with van der Waals surface area (Å²) in [5, 5.41) is 4.52. The first-order valence-electron chi connectivity index (χ1n) is 7.14. The number of carbonyl (C=O) groups excluding carboxylic acids is 1. The van der Waals surface area contributed by atoms with Gasteiger partial charge in [0.25, 0.3) is 5.91 Å². The van der Waals surface area contributed by atoms with E-state index in [0.29, 0.717) is 17.2 Å². The SMILES string of the molecule is O=C(NCSc1nc2ccccc2[nH]1)c1cc2ccccc2o1. The number of rotatable bonds is 4. The molecule has 5 nitrogen and oxygen atoms in total. The number of para-hydroxylation sites is 3. The van der Waals surface area contributed by atoms with Crippen LogP contribution in [-0.4, -0.2) is 21.8 Å². The van der Waals surface area contributed by atoms with Crippen molar-refractivity contribution in [1.82, 2.24) is 15.3 Å². The number of hydrogen-bond acceptors (Lipinski definition) is 4. The van der Waals surface area contributed by atoms with Crippen LogP contribution in [-0.2, 0) is 0 Å². The van der Waals surface area contributed by atoms with Crippen LogP contribution in [0.25, 0.3) is 22.0 Å². The Morgan fingerprint density at radius 1 is 1.17 bits per heavy atom. The third kappa shape index (κ3) is 2.80. The van der Waals surface area contributed by atoms with E-state index in [2.05, 4.69) is 15.3 Å². The summed E-state index contributed by atoms with van der Waals surface area (Å²) in [5.74, 6) is 0.497. The monoisotopic (exact) mass is 323 g/mol. The average molecular weight is 323 g/mol. The molecule has 0 aliphatic carbocycles. The average Bonchev–Trinajstić information content (AvgIpc) is 3.18. The lowest BCUT2D eigenvalue weighted by atomic mass is 10.2. The number of benzene rings is 2. The third-order valence-corrected chi connectivity index (χ3v) is 4.21. The molecule has 4 aromatic rings. The Balaban J connectivity index is 1.41. The number of H-pyrrole nitrogens is 1. The Labute approximate surface area is 136 Å². The molecule has 0 spiro atoms. The number of fused-ring (bicyclic) bond motifs is 2. The molecule has 0 bridgehead atoms. The quantitative estimate of drug-likeness (QED) is 0.443. The van der Waals surface area contributed by atoms with E-state index in [1.54, 1.807) is 6.07 Å². The van der Waals surface area contributed by atoms with Crippen LogP contribution >= 0.6 is 11.8 Å². The number of hydrogen-bond donors (Lipinski definition) is 2. The van der Waals surface area contributed by atoms with Gasteiger partial charge in [0.05, 0.1) is 16.9 Å². The molecule has 0 saturated heterocycles. The van der Waals surface area contributed by atoms with Gasteiger partial charge < -0.3 is 14.7 Å². The predicted molar refractivity (Wildman–Crippen MR) is 90.5 cm³/mol. The van der Waals surface area contributed by atoms with Gasteiger partial charge in [0.2, 0.25) is 0 Å². The van der Waals surface area contributed by atoms with Gasteiger partial charge in [-0.05, 0) is 24.3 Å². The molecule has 2 aromatic heterocycles. The number of nitrogens with zero attached hydrogens (tertiary/aromatic N) is 1. The number of aromatic amines is 1. The third-order valence-electron chi connectivity index (χ3n) is 3.46. The molecule has 6 heteroatoms. The van der Waals surface area contributed by atoms with Crippen molar-refractivity contribution in [1.29, 1.82) is 0 Å². The van der Waals surface area contributed by atoms with E-state index in [4.69, 9.17) is 4.42 Å². The topological polar surface area (TPSA) is 70.9 Å². The number of amides is 1. The van der Waals surface area contributed by atoms with E-state index in [-0.39, 0.29) is 5.91 Å². The first kappa shape index (κ1) is 13.9. The smallest absolute Gasteiger partial charge is 0.287 e. The molecular weight excluding hydrogens is 310 g/mol. The van der Waals surface area contributed by atoms with Crippen LogP contribution in [0.1, 0.15) is 10.6 Å². The van der Waals surface area contributed by atoms with Crippen LogP contribution < -0.4 is 5.32 Å². The first-order chi connectivity index (χ1) is 11.3. The predicted octanol–water partition coefficient (Wildman–Crippen LogP) is 3.79. The molecule has 2 N–H and O–H groups in total. The van der Waals surface area contributed by atoms with E-state index in [0.717, 1.165) is 21.6 Å². The fourth-order valence-corrected chi connectivity index (χ4v) is 3.03. The molecule has 0 unspecified atom stereocenters. The lowest BCUT2D eigenvalue weighted by Crippen LogP contribution is -2.22. The molecule has 4 rings (SSSR count). The van der Waals surface area contributed by atoms with Crippen LogP contribution in [0, 0.1) is 0 Å². The van der Waals surface area contributed by atoms with E-state index >= 15 is 0 Å². The maximum Gasteiger partial charge on any atom is 0.287 e. The molecule has 0 aliphatic rings. The van der Waals surface area contributed by atoms with Crippen molar-refractivity contribution in [3.05, 3.63) is 60.4 Å². The Morgan fingerprint density at radius 3 is 2.87 bits per heavy atom. The van der Waals surface area contributed by atoms with Crippen LogP contribution in [0.15, 0.2) is 64.2 Å². The van der Waals surface area contributed by atoms with Gasteiger partial charge in [-0.2, -0.15) is 0 Å². The van der Waals surface area contributed by atoms with Gasteiger partial charge in [0.1, 0.15) is 5.58 Å². The van der Waals surface area contributed by atoms with E-state index < -0.39 is 0 Å². The Morgan fingerprint density at radius 2 is 2.00 bits per heavy atom. The molecule has 0 fully saturated rings. The molecular formula is C17H13N3O2S. The van der Waals surface area contributed by atoms with Gasteiger partial charge >= 0.3 is 0 Å². The summed E-state index contributed by atoms with van der Waals surface area (Å²) in [4.78, 5) is 19.8. The number of carbonyl (C=O) groups is 1. The maximum atomic E-state index is 12.1. The molecule has 2 aromatic carbocycles. The van der Waals surface area contributed by atoms with Crippen molar-refractivity contribution < 1.29 is 9.21 Å². The minimum Gasteiger partial charge on any atom is -0.451 e. The highest BCUT2D eigenvalue weighted by molar-refractivity contribution is 7.99. The largest absolute Gasteiger partial charge is 0.451 e. The number of imidazole rings is 1. The second-order valence-corrected chi connectivity index (χ2v) is 5.97. The summed E-state index contributed by atoms with van der Waals surface area (Å²) >= 11 is 1.44. The van der Waals surface area contributed by atoms with Gasteiger partial charge in [-0.3, -0.25) is 4.79 Å². The molecule has 0 saturated carbocycles. The highest BCUT2D eigenvalue weighted by Gasteiger charge is 2.12. The Bertz CT molecular complexity index is 924. The molecule has 0 aliphatic heterocycles. The lowest BCUT2D eigenvalue weighted by molar-refractivity contribution is 0.0935. The first-order valence-corrected chi connectivity index (χ1v) is 8.12. The highest BCUT2D eigenvalue weighted by atomic mass is 32.2. The summed E-state index contributed by atoms with van der Waals surface area (Å²) in [6.45, 7) is 0. The fraction of sp³-hybridized carbons (Fsp3) is 0.0588. The number of thioether (sulfide) groups is 1. The molecule has 1 amide bonds.